The zero-order valence-electron chi connectivity index (χ0n) is 17.5. The predicted octanol–water partition coefficient (Wildman–Crippen LogP) is 5.57. The van der Waals surface area contributed by atoms with Gasteiger partial charge in [-0.15, -0.1) is 22.0 Å². The van der Waals surface area contributed by atoms with Crippen LogP contribution >= 0.6 is 11.8 Å². The molecule has 2 N–H and O–H groups in total. The Morgan fingerprint density at radius 1 is 1.03 bits per heavy atom. The third kappa shape index (κ3) is 4.25. The molecule has 0 aliphatic carbocycles. The molecule has 33 heavy (non-hydrogen) atoms. The lowest BCUT2D eigenvalue weighted by atomic mass is 10.1. The summed E-state index contributed by atoms with van der Waals surface area (Å²) in [5.41, 5.74) is 3.35. The van der Waals surface area contributed by atoms with Gasteiger partial charge in [0.15, 0.2) is 5.69 Å². The lowest BCUT2D eigenvalue weighted by molar-refractivity contribution is -0.128. The van der Waals surface area contributed by atoms with Gasteiger partial charge in [0, 0.05) is 17.5 Å². The Kier molecular flexibility index (Phi) is 5.66. The largest absolute Gasteiger partial charge is 0.493 e. The predicted molar refractivity (Wildman–Crippen MR) is 127 cm³/mol. The number of thioether (sulfide) groups is 1. The molecule has 0 spiro atoms. The summed E-state index contributed by atoms with van der Waals surface area (Å²) in [6.07, 6.45) is 0. The average molecular weight is 457 g/mol. The minimum atomic E-state index is -0.512. The number of nitrogens with zero attached hydrogens (tertiary/aromatic N) is 3. The number of hydrogen-bond donors (Lipinski definition) is 2. The number of benzene rings is 3. The van der Waals surface area contributed by atoms with Crippen molar-refractivity contribution >= 4 is 40.2 Å². The first kappa shape index (κ1) is 21.0. The highest BCUT2D eigenvalue weighted by Gasteiger charge is 2.32. The normalized spacial score (nSPS) is 16.2. The number of aromatic amines is 1. The molecule has 8 heteroatoms. The maximum absolute atomic E-state index is 12.6. The summed E-state index contributed by atoms with van der Waals surface area (Å²) in [5.74, 6) is -0.117. The molecule has 0 radical (unpaired) electrons. The molecule has 0 bridgehead atoms. The first-order chi connectivity index (χ1) is 16.1. The van der Waals surface area contributed by atoms with Gasteiger partial charge < -0.3 is 15.0 Å². The molecule has 7 nitrogen and oxygen atoms in total. The minimum Gasteiger partial charge on any atom is -0.493 e. The van der Waals surface area contributed by atoms with E-state index in [0.717, 1.165) is 11.1 Å². The van der Waals surface area contributed by atoms with E-state index < -0.39 is 5.91 Å². The van der Waals surface area contributed by atoms with Gasteiger partial charge in [-0.25, -0.2) is 0 Å². The number of H-pyrrole nitrogens is 1. The standard InChI is InChI=1S/C25H20N4O3S/c30-21-15-33-25(29(21)14-16-6-2-1-3-7-16)18-12-10-17(11-13-18)23(31)28-27-22-19-8-4-5-9-20(19)26-24(22)32/h1-13,25-26,32H,14-15H2/t25-/m0/s1. The molecule has 2 heterocycles. The van der Waals surface area contributed by atoms with Crippen LogP contribution in [0.4, 0.5) is 5.69 Å². The Hall–Kier alpha value is -3.91. The summed E-state index contributed by atoms with van der Waals surface area (Å²) in [5, 5.41) is 18.4. The van der Waals surface area contributed by atoms with Crippen molar-refractivity contribution in [3.05, 3.63) is 95.6 Å². The first-order valence-electron chi connectivity index (χ1n) is 10.4. The van der Waals surface area contributed by atoms with Crippen molar-refractivity contribution in [1.82, 2.24) is 9.88 Å². The van der Waals surface area contributed by atoms with E-state index in [2.05, 4.69) is 15.2 Å². The smallest absolute Gasteiger partial charge is 0.295 e. The quantitative estimate of drug-likeness (QED) is 0.384. The van der Waals surface area contributed by atoms with Crippen LogP contribution in [0.3, 0.4) is 0 Å². The Bertz CT molecular complexity index is 1350. The molecule has 5 rings (SSSR count). The van der Waals surface area contributed by atoms with Gasteiger partial charge in [-0.05, 0) is 29.3 Å². The second-order valence-electron chi connectivity index (χ2n) is 7.67. The van der Waals surface area contributed by atoms with Crippen LogP contribution in [0.15, 0.2) is 89.1 Å². The van der Waals surface area contributed by atoms with Crippen LogP contribution in [0.2, 0.25) is 0 Å². The summed E-state index contributed by atoms with van der Waals surface area (Å²) >= 11 is 1.57. The lowest BCUT2D eigenvalue weighted by Gasteiger charge is -2.24. The number of aromatic hydroxyl groups is 1. The molecule has 0 unspecified atom stereocenters. The van der Waals surface area contributed by atoms with Gasteiger partial charge in [0.25, 0.3) is 5.91 Å². The van der Waals surface area contributed by atoms with Crippen LogP contribution in [-0.4, -0.2) is 32.6 Å². The number of para-hydroxylation sites is 1. The number of carbonyl (C=O) groups is 2. The molecule has 0 saturated carbocycles. The fraction of sp³-hybridized carbons (Fsp3) is 0.120. The van der Waals surface area contributed by atoms with E-state index in [4.69, 9.17) is 0 Å². The number of nitrogens with one attached hydrogen (secondary N) is 1. The Morgan fingerprint density at radius 3 is 2.55 bits per heavy atom. The molecule has 1 aliphatic rings. The number of fused-ring (bicyclic) bond motifs is 1. The molecular weight excluding hydrogens is 436 g/mol. The monoisotopic (exact) mass is 456 g/mol. The SMILES string of the molecule is O=C(N=Nc1c(O)[nH]c2ccccc12)c1ccc([C@@H]2SCC(=O)N2Cc2ccccc2)cc1. The van der Waals surface area contributed by atoms with E-state index in [9.17, 15) is 14.7 Å². The number of carbonyl (C=O) groups excluding carboxylic acids is 2. The molecule has 1 aromatic heterocycles. The van der Waals surface area contributed by atoms with Gasteiger partial charge in [0.05, 0.1) is 11.3 Å². The van der Waals surface area contributed by atoms with E-state index >= 15 is 0 Å². The van der Waals surface area contributed by atoms with Crippen LogP contribution in [0.1, 0.15) is 26.9 Å². The van der Waals surface area contributed by atoms with Crippen molar-refractivity contribution in [2.24, 2.45) is 10.2 Å². The third-order valence-electron chi connectivity index (χ3n) is 5.51. The number of amides is 2. The zero-order chi connectivity index (χ0) is 22.8. The maximum Gasteiger partial charge on any atom is 0.295 e. The molecular formula is C25H20N4O3S. The summed E-state index contributed by atoms with van der Waals surface area (Å²) in [7, 11) is 0. The topological polar surface area (TPSA) is 98.1 Å². The fourth-order valence-electron chi connectivity index (χ4n) is 3.84. The van der Waals surface area contributed by atoms with E-state index in [1.54, 1.807) is 30.0 Å². The maximum atomic E-state index is 12.6. The number of rotatable bonds is 5. The molecule has 1 aliphatic heterocycles. The first-order valence-corrected chi connectivity index (χ1v) is 11.5. The van der Waals surface area contributed by atoms with Gasteiger partial charge in [-0.3, -0.25) is 9.59 Å². The van der Waals surface area contributed by atoms with Gasteiger partial charge in [0.1, 0.15) is 5.37 Å². The summed E-state index contributed by atoms with van der Waals surface area (Å²) in [6.45, 7) is 0.542. The van der Waals surface area contributed by atoms with Crippen LogP contribution in [0, 0.1) is 0 Å². The van der Waals surface area contributed by atoms with Crippen LogP contribution in [-0.2, 0) is 11.3 Å². The van der Waals surface area contributed by atoms with Crippen molar-refractivity contribution < 1.29 is 14.7 Å². The third-order valence-corrected chi connectivity index (χ3v) is 6.76. The van der Waals surface area contributed by atoms with Crippen LogP contribution in [0.25, 0.3) is 10.9 Å². The van der Waals surface area contributed by atoms with Crippen molar-refractivity contribution in [1.29, 1.82) is 0 Å². The summed E-state index contributed by atoms with van der Waals surface area (Å²) in [4.78, 5) is 29.7. The van der Waals surface area contributed by atoms with Gasteiger partial charge in [-0.1, -0.05) is 60.7 Å². The highest BCUT2D eigenvalue weighted by atomic mass is 32.2. The summed E-state index contributed by atoms with van der Waals surface area (Å²) in [6, 6.07) is 24.2. The van der Waals surface area contributed by atoms with Crippen molar-refractivity contribution in [2.45, 2.75) is 11.9 Å². The van der Waals surface area contributed by atoms with Gasteiger partial charge in [0.2, 0.25) is 11.8 Å². The Morgan fingerprint density at radius 2 is 1.76 bits per heavy atom. The lowest BCUT2D eigenvalue weighted by Crippen LogP contribution is -2.27. The van der Waals surface area contributed by atoms with Gasteiger partial charge in [-0.2, -0.15) is 0 Å². The number of azo groups is 1. The van der Waals surface area contributed by atoms with E-state index in [-0.39, 0.29) is 22.8 Å². The van der Waals surface area contributed by atoms with Crippen molar-refractivity contribution in [3.63, 3.8) is 0 Å². The number of hydrogen-bond acceptors (Lipinski definition) is 5. The second kappa shape index (κ2) is 8.91. The van der Waals surface area contributed by atoms with Crippen molar-refractivity contribution in [3.8, 4) is 5.88 Å². The van der Waals surface area contributed by atoms with Crippen LogP contribution in [0.5, 0.6) is 5.88 Å². The zero-order valence-corrected chi connectivity index (χ0v) is 18.3. The molecule has 4 aromatic rings. The van der Waals surface area contributed by atoms with E-state index in [0.29, 0.717) is 28.8 Å². The molecule has 2 amide bonds. The molecule has 1 saturated heterocycles. The average Bonchev–Trinajstić information content (AvgIpc) is 3.37. The molecule has 1 fully saturated rings. The molecule has 1 atom stereocenters. The van der Waals surface area contributed by atoms with Crippen LogP contribution < -0.4 is 0 Å². The van der Waals surface area contributed by atoms with E-state index in [1.165, 1.54) is 0 Å². The van der Waals surface area contributed by atoms with Gasteiger partial charge >= 0.3 is 0 Å². The highest BCUT2D eigenvalue weighted by molar-refractivity contribution is 8.00. The molecule has 3 aromatic carbocycles. The highest BCUT2D eigenvalue weighted by Crippen LogP contribution is 2.40. The molecule has 164 valence electrons. The number of aromatic nitrogens is 1. The second-order valence-corrected chi connectivity index (χ2v) is 8.73. The Labute approximate surface area is 194 Å². The Balaban J connectivity index is 1.32. The minimum absolute atomic E-state index is 0.0985. The fourth-order valence-corrected chi connectivity index (χ4v) is 5.03. The summed E-state index contributed by atoms with van der Waals surface area (Å²) < 4.78 is 0. The van der Waals surface area contributed by atoms with Crippen molar-refractivity contribution in [2.75, 3.05) is 5.75 Å². The van der Waals surface area contributed by atoms with E-state index in [1.807, 2.05) is 65.6 Å².